The zero-order valence-corrected chi connectivity index (χ0v) is 5.94. The molecule has 0 aliphatic carbocycles. The molecule has 0 saturated carbocycles. The molecule has 0 atom stereocenters. The van der Waals surface area contributed by atoms with E-state index in [2.05, 4.69) is 13.2 Å². The van der Waals surface area contributed by atoms with Crippen LogP contribution in [0.3, 0.4) is 0 Å². The second-order valence-electron chi connectivity index (χ2n) is 1.09. The maximum absolute atomic E-state index is 8.35. The summed E-state index contributed by atoms with van der Waals surface area (Å²) >= 11 is 0. The van der Waals surface area contributed by atoms with E-state index in [-0.39, 0.29) is 24.3 Å². The normalized spacial score (nSPS) is 8.00. The molecule has 0 heterocycles. The van der Waals surface area contributed by atoms with E-state index >= 15 is 0 Å². The van der Waals surface area contributed by atoms with Crippen LogP contribution in [-0.2, 0) is 18.6 Å². The van der Waals surface area contributed by atoms with Crippen LogP contribution in [0.15, 0.2) is 37.1 Å². The maximum atomic E-state index is 8.35. The molecule has 0 unspecified atom stereocenters. The van der Waals surface area contributed by atoms with E-state index in [1.165, 1.54) is 6.08 Å². The predicted octanol–water partition coefficient (Wildman–Crippen LogP) is 1.80. The van der Waals surface area contributed by atoms with Crippen molar-refractivity contribution < 1.29 is 23.7 Å². The van der Waals surface area contributed by atoms with E-state index in [0.29, 0.717) is 0 Å². The van der Waals surface area contributed by atoms with Crippen LogP contribution in [0.2, 0.25) is 0 Å². The van der Waals surface area contributed by atoms with E-state index in [1.54, 1.807) is 12.2 Å². The maximum Gasteiger partial charge on any atom is 0.108 e. The van der Waals surface area contributed by atoms with E-state index < -0.39 is 0 Å². The largest absolute Gasteiger partial charge is 0.509 e. The van der Waals surface area contributed by atoms with Crippen molar-refractivity contribution in [1.29, 1.82) is 0 Å². The summed E-state index contributed by atoms with van der Waals surface area (Å²) < 4.78 is 0. The van der Waals surface area contributed by atoms with Crippen molar-refractivity contribution in [3.05, 3.63) is 37.1 Å². The summed E-state index contributed by atoms with van der Waals surface area (Å²) in [7, 11) is 0. The van der Waals surface area contributed by atoms with Gasteiger partial charge in [0.1, 0.15) is 5.76 Å². The van der Waals surface area contributed by atoms with Crippen LogP contribution in [0.1, 0.15) is 0 Å². The Morgan fingerprint density at radius 1 is 1.50 bits per heavy atom. The van der Waals surface area contributed by atoms with Gasteiger partial charge in [0.25, 0.3) is 0 Å². The minimum Gasteiger partial charge on any atom is -0.509 e. The molecule has 43 valence electrons. The van der Waals surface area contributed by atoms with Crippen molar-refractivity contribution in [3.8, 4) is 0 Å². The summed E-state index contributed by atoms with van der Waals surface area (Å²) in [4.78, 5) is 0. The van der Waals surface area contributed by atoms with E-state index in [4.69, 9.17) is 5.11 Å². The molecule has 0 aliphatic rings. The van der Waals surface area contributed by atoms with Gasteiger partial charge in [-0.2, -0.15) is 0 Å². The molecule has 0 spiro atoms. The topological polar surface area (TPSA) is 20.2 Å². The molecule has 0 rings (SSSR count). The zero-order chi connectivity index (χ0) is 5.70. The van der Waals surface area contributed by atoms with Crippen LogP contribution in [0, 0.1) is 0 Å². The number of aliphatic hydroxyl groups excluding tert-OH is 1. The quantitative estimate of drug-likeness (QED) is 0.466. The molecule has 0 aromatic heterocycles. The van der Waals surface area contributed by atoms with Gasteiger partial charge in [-0.05, 0) is 6.08 Å². The van der Waals surface area contributed by atoms with Gasteiger partial charge in [0.2, 0.25) is 0 Å². The Bertz CT molecular complexity index is 105. The fraction of sp³-hybridized carbons (Fsp3) is 0. The van der Waals surface area contributed by atoms with Crippen molar-refractivity contribution >= 4 is 0 Å². The van der Waals surface area contributed by atoms with Crippen molar-refractivity contribution in [2.75, 3.05) is 0 Å². The monoisotopic (exact) mass is 147 g/mol. The Morgan fingerprint density at radius 3 is 2.12 bits per heavy atom. The third kappa shape index (κ3) is 9.15. The van der Waals surface area contributed by atoms with Crippen LogP contribution >= 0.6 is 0 Å². The molecule has 0 aromatic rings. The van der Waals surface area contributed by atoms with Crippen LogP contribution in [0.4, 0.5) is 0 Å². The van der Waals surface area contributed by atoms with Crippen molar-refractivity contribution in [2.24, 2.45) is 0 Å². The fourth-order valence-corrected chi connectivity index (χ4v) is 0.179. The average molecular weight is 147 g/mol. The number of hydrogen-bond donors (Lipinski definition) is 1. The van der Waals surface area contributed by atoms with Crippen molar-refractivity contribution in [3.63, 3.8) is 0 Å². The third-order valence-electron chi connectivity index (χ3n) is 0.425. The fourth-order valence-electron chi connectivity index (χ4n) is 0.179. The standard InChI is InChI=1S/C6H8O.V/c1-3-4-5-6(2)7;/h3-5,7H,1-2H2;/b5-4-;. The summed E-state index contributed by atoms with van der Waals surface area (Å²) in [6, 6.07) is 0. The van der Waals surface area contributed by atoms with Gasteiger partial charge >= 0.3 is 0 Å². The summed E-state index contributed by atoms with van der Waals surface area (Å²) in [6.45, 7) is 6.61. The Balaban J connectivity index is 0. The van der Waals surface area contributed by atoms with E-state index in [9.17, 15) is 0 Å². The van der Waals surface area contributed by atoms with Gasteiger partial charge in [-0.25, -0.2) is 0 Å². The zero-order valence-electron chi connectivity index (χ0n) is 4.54. The van der Waals surface area contributed by atoms with Gasteiger partial charge in [0.05, 0.1) is 0 Å². The van der Waals surface area contributed by atoms with Gasteiger partial charge in [-0.3, -0.25) is 0 Å². The molecule has 2 heteroatoms. The summed E-state index contributed by atoms with van der Waals surface area (Å²) in [6.07, 6.45) is 4.65. The van der Waals surface area contributed by atoms with Crippen LogP contribution in [-0.4, -0.2) is 5.11 Å². The number of rotatable bonds is 2. The molecule has 1 N–H and O–H groups in total. The molecule has 0 aliphatic heterocycles. The molecule has 0 amide bonds. The first-order valence-electron chi connectivity index (χ1n) is 1.94. The van der Waals surface area contributed by atoms with Gasteiger partial charge in [0, 0.05) is 18.6 Å². The van der Waals surface area contributed by atoms with Crippen molar-refractivity contribution in [1.82, 2.24) is 0 Å². The van der Waals surface area contributed by atoms with Gasteiger partial charge in [0.15, 0.2) is 0 Å². The SMILES string of the molecule is C=C/C=C\C(=C)O.[V]. The molecule has 0 bridgehead atoms. The molecule has 1 nitrogen and oxygen atoms in total. The van der Waals surface area contributed by atoms with Crippen LogP contribution in [0.5, 0.6) is 0 Å². The van der Waals surface area contributed by atoms with Gasteiger partial charge in [-0.15, -0.1) is 0 Å². The van der Waals surface area contributed by atoms with Gasteiger partial charge < -0.3 is 5.11 Å². The smallest absolute Gasteiger partial charge is 0.108 e. The number of aliphatic hydroxyl groups is 1. The van der Waals surface area contributed by atoms with Gasteiger partial charge in [-0.1, -0.05) is 25.3 Å². The second kappa shape index (κ2) is 6.60. The first kappa shape index (κ1) is 10.6. The average Bonchev–Trinajstić information content (AvgIpc) is 1.61. The first-order chi connectivity index (χ1) is 3.27. The minimum atomic E-state index is 0. The van der Waals surface area contributed by atoms with Crippen LogP contribution in [0.25, 0.3) is 0 Å². The number of hydrogen-bond acceptors (Lipinski definition) is 1. The number of allylic oxidation sites excluding steroid dienone is 3. The second-order valence-corrected chi connectivity index (χ2v) is 1.09. The minimum absolute atomic E-state index is 0. The first-order valence-corrected chi connectivity index (χ1v) is 1.94. The van der Waals surface area contributed by atoms with E-state index in [0.717, 1.165) is 0 Å². The Hall–Kier alpha value is -0.396. The predicted molar refractivity (Wildman–Crippen MR) is 31.1 cm³/mol. The molecule has 0 fully saturated rings. The Kier molecular flexibility index (Phi) is 8.72. The molecule has 0 aromatic carbocycles. The summed E-state index contributed by atoms with van der Waals surface area (Å²) in [5.41, 5.74) is 0. The summed E-state index contributed by atoms with van der Waals surface area (Å²) in [5, 5.41) is 8.35. The Labute approximate surface area is 61.3 Å². The van der Waals surface area contributed by atoms with Crippen LogP contribution < -0.4 is 0 Å². The molecular weight excluding hydrogens is 139 g/mol. The molecular formula is C6H8OV. The molecule has 8 heavy (non-hydrogen) atoms. The van der Waals surface area contributed by atoms with E-state index in [1.807, 2.05) is 0 Å². The summed E-state index contributed by atoms with van der Waals surface area (Å²) in [5.74, 6) is 0.0555. The third-order valence-corrected chi connectivity index (χ3v) is 0.425. The Morgan fingerprint density at radius 2 is 2.00 bits per heavy atom. The molecule has 1 radical (unpaired) electrons. The molecule has 0 saturated heterocycles. The van der Waals surface area contributed by atoms with Crippen molar-refractivity contribution in [2.45, 2.75) is 0 Å².